The maximum Gasteiger partial charge on any atom is 0.218 e. The van der Waals surface area contributed by atoms with E-state index in [4.69, 9.17) is 9.47 Å². The van der Waals surface area contributed by atoms with Gasteiger partial charge in [-0.1, -0.05) is 0 Å². The number of anilines is 1. The first kappa shape index (κ1) is 14.0. The molecule has 2 rings (SSSR count). The van der Waals surface area contributed by atoms with Gasteiger partial charge in [-0.05, 0) is 13.8 Å². The highest BCUT2D eigenvalue weighted by atomic mass is 16.5. The highest BCUT2D eigenvalue weighted by Crippen LogP contribution is 2.21. The molecule has 0 unspecified atom stereocenters. The minimum absolute atomic E-state index is 0.0717. The number of aliphatic hydroxyl groups is 1. The minimum Gasteiger partial charge on any atom is -0.475 e. The van der Waals surface area contributed by atoms with Crippen molar-refractivity contribution in [2.24, 2.45) is 0 Å². The molecule has 6 nitrogen and oxygen atoms in total. The second-order valence-electron chi connectivity index (χ2n) is 5.10. The van der Waals surface area contributed by atoms with Gasteiger partial charge in [0.15, 0.2) is 0 Å². The average Bonchev–Trinajstić information content (AvgIpc) is 2.37. The van der Waals surface area contributed by atoms with Gasteiger partial charge in [-0.15, -0.1) is 0 Å². The number of hydrogen-bond acceptors (Lipinski definition) is 6. The van der Waals surface area contributed by atoms with Crippen LogP contribution in [0.2, 0.25) is 0 Å². The third kappa shape index (κ3) is 4.33. The van der Waals surface area contributed by atoms with E-state index in [-0.39, 0.29) is 6.10 Å². The number of aromatic nitrogens is 2. The molecule has 19 heavy (non-hydrogen) atoms. The van der Waals surface area contributed by atoms with Gasteiger partial charge in [0, 0.05) is 38.7 Å². The van der Waals surface area contributed by atoms with Crippen LogP contribution in [0.5, 0.6) is 5.88 Å². The fraction of sp³-hybridized carbons (Fsp3) is 0.692. The van der Waals surface area contributed by atoms with Gasteiger partial charge in [-0.3, -0.25) is 0 Å². The van der Waals surface area contributed by atoms with E-state index in [0.717, 1.165) is 0 Å². The predicted molar refractivity (Wildman–Crippen MR) is 71.3 cm³/mol. The Morgan fingerprint density at radius 1 is 1.42 bits per heavy atom. The highest BCUT2D eigenvalue weighted by molar-refractivity contribution is 5.37. The molecule has 0 bridgehead atoms. The molecule has 1 aliphatic heterocycles. The van der Waals surface area contributed by atoms with Crippen molar-refractivity contribution in [2.45, 2.75) is 38.4 Å². The van der Waals surface area contributed by atoms with E-state index in [1.807, 2.05) is 13.8 Å². The van der Waals surface area contributed by atoms with E-state index in [1.54, 1.807) is 6.07 Å². The van der Waals surface area contributed by atoms with Crippen molar-refractivity contribution in [1.29, 1.82) is 0 Å². The lowest BCUT2D eigenvalue weighted by atomic mass is 9.94. The Hall–Kier alpha value is -1.40. The van der Waals surface area contributed by atoms with E-state index >= 15 is 0 Å². The van der Waals surface area contributed by atoms with Gasteiger partial charge >= 0.3 is 0 Å². The summed E-state index contributed by atoms with van der Waals surface area (Å²) in [6.45, 7) is 5.54. The first-order valence-electron chi connectivity index (χ1n) is 6.60. The molecule has 1 fully saturated rings. The molecular formula is C13H21N3O3. The SMILES string of the molecule is CC(C)Oc1cc(NCC2(O)CCOCC2)ncn1. The van der Waals surface area contributed by atoms with Crippen LogP contribution in [0.15, 0.2) is 12.4 Å². The second kappa shape index (κ2) is 6.16. The molecule has 1 aromatic heterocycles. The van der Waals surface area contributed by atoms with Crippen LogP contribution in [0, 0.1) is 0 Å². The molecule has 1 saturated heterocycles. The smallest absolute Gasteiger partial charge is 0.218 e. The number of ether oxygens (including phenoxy) is 2. The summed E-state index contributed by atoms with van der Waals surface area (Å²) in [4.78, 5) is 8.15. The quantitative estimate of drug-likeness (QED) is 0.835. The molecule has 6 heteroatoms. The Kier molecular flexibility index (Phi) is 4.55. The maximum atomic E-state index is 10.3. The van der Waals surface area contributed by atoms with Gasteiger partial charge in [0.2, 0.25) is 5.88 Å². The van der Waals surface area contributed by atoms with Crippen LogP contribution in [-0.4, -0.2) is 46.5 Å². The third-order valence-corrected chi connectivity index (χ3v) is 3.02. The van der Waals surface area contributed by atoms with Crippen LogP contribution in [0.25, 0.3) is 0 Å². The van der Waals surface area contributed by atoms with Crippen molar-refractivity contribution in [3.63, 3.8) is 0 Å². The molecule has 0 atom stereocenters. The van der Waals surface area contributed by atoms with Crippen LogP contribution in [0.4, 0.5) is 5.82 Å². The minimum atomic E-state index is -0.720. The van der Waals surface area contributed by atoms with Crippen molar-refractivity contribution in [3.8, 4) is 5.88 Å². The lowest BCUT2D eigenvalue weighted by Crippen LogP contribution is -2.42. The molecule has 0 saturated carbocycles. The van der Waals surface area contributed by atoms with E-state index in [2.05, 4.69) is 15.3 Å². The van der Waals surface area contributed by atoms with Crippen molar-refractivity contribution in [3.05, 3.63) is 12.4 Å². The molecule has 106 valence electrons. The fourth-order valence-corrected chi connectivity index (χ4v) is 1.93. The molecule has 0 amide bonds. The summed E-state index contributed by atoms with van der Waals surface area (Å²) in [5.74, 6) is 1.19. The average molecular weight is 267 g/mol. The Labute approximate surface area is 113 Å². The summed E-state index contributed by atoms with van der Waals surface area (Å²) >= 11 is 0. The number of nitrogens with zero attached hydrogens (tertiary/aromatic N) is 2. The predicted octanol–water partition coefficient (Wildman–Crippen LogP) is 1.22. The third-order valence-electron chi connectivity index (χ3n) is 3.02. The second-order valence-corrected chi connectivity index (χ2v) is 5.10. The largest absolute Gasteiger partial charge is 0.475 e. The van der Waals surface area contributed by atoms with E-state index in [0.29, 0.717) is 44.3 Å². The first-order valence-corrected chi connectivity index (χ1v) is 6.60. The van der Waals surface area contributed by atoms with E-state index < -0.39 is 5.60 Å². The van der Waals surface area contributed by atoms with Crippen molar-refractivity contribution < 1.29 is 14.6 Å². The molecule has 2 heterocycles. The topological polar surface area (TPSA) is 76.5 Å². The molecular weight excluding hydrogens is 246 g/mol. The van der Waals surface area contributed by atoms with Crippen LogP contribution < -0.4 is 10.1 Å². The molecule has 0 aliphatic carbocycles. The standard InChI is InChI=1S/C13H21N3O3/c1-10(2)19-12-7-11(15-9-16-12)14-8-13(17)3-5-18-6-4-13/h7,9-10,17H,3-6,8H2,1-2H3,(H,14,15,16). The lowest BCUT2D eigenvalue weighted by Gasteiger charge is -2.32. The van der Waals surface area contributed by atoms with Gasteiger partial charge in [0.05, 0.1) is 11.7 Å². The lowest BCUT2D eigenvalue weighted by molar-refractivity contribution is -0.0543. The van der Waals surface area contributed by atoms with Crippen LogP contribution >= 0.6 is 0 Å². The van der Waals surface area contributed by atoms with Gasteiger partial charge in [-0.25, -0.2) is 9.97 Å². The summed E-state index contributed by atoms with van der Waals surface area (Å²) in [6.07, 6.45) is 2.80. The van der Waals surface area contributed by atoms with Crippen LogP contribution in [0.3, 0.4) is 0 Å². The maximum absolute atomic E-state index is 10.3. The first-order chi connectivity index (χ1) is 9.07. The van der Waals surface area contributed by atoms with Gasteiger partial charge in [-0.2, -0.15) is 0 Å². The highest BCUT2D eigenvalue weighted by Gasteiger charge is 2.29. The Morgan fingerprint density at radius 3 is 2.84 bits per heavy atom. The van der Waals surface area contributed by atoms with E-state index in [1.165, 1.54) is 6.33 Å². The van der Waals surface area contributed by atoms with Crippen molar-refractivity contribution in [2.75, 3.05) is 25.1 Å². The fourth-order valence-electron chi connectivity index (χ4n) is 1.93. The van der Waals surface area contributed by atoms with Gasteiger partial charge in [0.1, 0.15) is 12.1 Å². The van der Waals surface area contributed by atoms with E-state index in [9.17, 15) is 5.11 Å². The van der Waals surface area contributed by atoms with Gasteiger partial charge < -0.3 is 19.9 Å². The molecule has 2 N–H and O–H groups in total. The Morgan fingerprint density at radius 2 is 2.16 bits per heavy atom. The summed E-state index contributed by atoms with van der Waals surface area (Å²) in [6, 6.07) is 1.74. The van der Waals surface area contributed by atoms with Crippen LogP contribution in [0.1, 0.15) is 26.7 Å². The zero-order chi connectivity index (χ0) is 13.7. The number of rotatable bonds is 5. The normalized spacial score (nSPS) is 18.3. The molecule has 0 aromatic carbocycles. The monoisotopic (exact) mass is 267 g/mol. The van der Waals surface area contributed by atoms with Crippen molar-refractivity contribution in [1.82, 2.24) is 9.97 Å². The molecule has 1 aliphatic rings. The zero-order valence-corrected chi connectivity index (χ0v) is 11.4. The Bertz CT molecular complexity index is 406. The summed E-state index contributed by atoms with van der Waals surface area (Å²) < 4.78 is 10.7. The summed E-state index contributed by atoms with van der Waals surface area (Å²) in [7, 11) is 0. The Balaban J connectivity index is 1.91. The molecule has 1 aromatic rings. The zero-order valence-electron chi connectivity index (χ0n) is 11.4. The summed E-state index contributed by atoms with van der Waals surface area (Å²) in [5.41, 5.74) is -0.720. The molecule has 0 radical (unpaired) electrons. The molecule has 0 spiro atoms. The number of hydrogen-bond donors (Lipinski definition) is 2. The van der Waals surface area contributed by atoms with Gasteiger partial charge in [0.25, 0.3) is 0 Å². The van der Waals surface area contributed by atoms with Crippen LogP contribution in [-0.2, 0) is 4.74 Å². The number of nitrogens with one attached hydrogen (secondary N) is 1. The van der Waals surface area contributed by atoms with Crippen molar-refractivity contribution >= 4 is 5.82 Å². The summed E-state index contributed by atoms with van der Waals surface area (Å²) in [5, 5.41) is 13.5.